The lowest BCUT2D eigenvalue weighted by molar-refractivity contribution is 0.0956. The zero-order valence-corrected chi connectivity index (χ0v) is 17.0. The van der Waals surface area contributed by atoms with Crippen molar-refractivity contribution in [2.75, 3.05) is 17.0 Å². The number of para-hydroxylation sites is 1. The molecular weight excluding hydrogens is 411 g/mol. The van der Waals surface area contributed by atoms with Gasteiger partial charge in [0.15, 0.2) is 0 Å². The molecule has 2 N–H and O–H groups in total. The smallest absolute Gasteiger partial charge is 0.262 e. The summed E-state index contributed by atoms with van der Waals surface area (Å²) in [7, 11) is -4.03. The van der Waals surface area contributed by atoms with Crippen LogP contribution < -0.4 is 10.0 Å². The summed E-state index contributed by atoms with van der Waals surface area (Å²) < 4.78 is 41.0. The molecule has 3 aromatic carbocycles. The van der Waals surface area contributed by atoms with Crippen LogP contribution in [-0.4, -0.2) is 26.6 Å². The summed E-state index contributed by atoms with van der Waals surface area (Å²) >= 11 is 1.61. The van der Waals surface area contributed by atoms with Crippen molar-refractivity contribution < 1.29 is 17.6 Å². The second-order valence-electron chi connectivity index (χ2n) is 6.03. The number of amides is 1. The lowest BCUT2D eigenvalue weighted by Crippen LogP contribution is -2.26. The van der Waals surface area contributed by atoms with Gasteiger partial charge in [0.25, 0.3) is 15.9 Å². The van der Waals surface area contributed by atoms with E-state index in [1.165, 1.54) is 42.5 Å². The molecular formula is C21H19FN2O3S2. The molecule has 0 spiro atoms. The van der Waals surface area contributed by atoms with E-state index in [-0.39, 0.29) is 22.1 Å². The maximum atomic E-state index is 13.7. The molecule has 8 heteroatoms. The first kappa shape index (κ1) is 20.9. The van der Waals surface area contributed by atoms with Crippen molar-refractivity contribution in [1.82, 2.24) is 5.32 Å². The lowest BCUT2D eigenvalue weighted by Gasteiger charge is -2.10. The third kappa shape index (κ3) is 5.82. The minimum absolute atomic E-state index is 0.118. The molecule has 0 aromatic heterocycles. The van der Waals surface area contributed by atoms with Crippen molar-refractivity contribution in [2.24, 2.45) is 0 Å². The van der Waals surface area contributed by atoms with E-state index in [1.807, 2.05) is 30.3 Å². The minimum Gasteiger partial charge on any atom is -0.351 e. The van der Waals surface area contributed by atoms with Crippen LogP contribution in [0, 0.1) is 5.82 Å². The number of carbonyl (C=O) groups excluding carboxylic acids is 1. The molecule has 0 heterocycles. The monoisotopic (exact) mass is 430 g/mol. The number of anilines is 1. The number of hydrogen-bond acceptors (Lipinski definition) is 4. The Balaban J connectivity index is 1.62. The van der Waals surface area contributed by atoms with Crippen molar-refractivity contribution >= 4 is 33.4 Å². The van der Waals surface area contributed by atoms with Gasteiger partial charge in [0, 0.05) is 22.8 Å². The van der Waals surface area contributed by atoms with Crippen molar-refractivity contribution in [2.45, 2.75) is 9.79 Å². The molecule has 5 nitrogen and oxygen atoms in total. The Bertz CT molecular complexity index is 1090. The maximum absolute atomic E-state index is 13.7. The van der Waals surface area contributed by atoms with Crippen LogP contribution in [0.15, 0.2) is 88.7 Å². The van der Waals surface area contributed by atoms with Gasteiger partial charge in [-0.2, -0.15) is 0 Å². The largest absolute Gasteiger partial charge is 0.351 e. The molecule has 0 aliphatic heterocycles. The summed E-state index contributed by atoms with van der Waals surface area (Å²) in [6, 6.07) is 20.9. The Morgan fingerprint density at radius 1 is 0.931 bits per heavy atom. The van der Waals surface area contributed by atoms with E-state index >= 15 is 0 Å². The summed E-state index contributed by atoms with van der Waals surface area (Å²) in [5.74, 6) is -0.370. The van der Waals surface area contributed by atoms with Gasteiger partial charge in [-0.3, -0.25) is 9.52 Å². The van der Waals surface area contributed by atoms with Crippen molar-refractivity contribution in [1.29, 1.82) is 0 Å². The summed E-state index contributed by atoms with van der Waals surface area (Å²) in [5, 5.41) is 2.77. The van der Waals surface area contributed by atoms with Gasteiger partial charge in [-0.15, -0.1) is 11.8 Å². The van der Waals surface area contributed by atoms with Gasteiger partial charge in [-0.25, -0.2) is 12.8 Å². The molecule has 0 saturated heterocycles. The van der Waals surface area contributed by atoms with Crippen LogP contribution in [0.2, 0.25) is 0 Å². The maximum Gasteiger partial charge on any atom is 0.262 e. The van der Waals surface area contributed by atoms with E-state index in [4.69, 9.17) is 0 Å². The first-order valence-electron chi connectivity index (χ1n) is 8.79. The molecule has 29 heavy (non-hydrogen) atoms. The molecule has 3 rings (SSSR count). The molecule has 0 aliphatic rings. The Labute approximate surface area is 173 Å². The summed E-state index contributed by atoms with van der Waals surface area (Å²) in [6.07, 6.45) is 0. The average molecular weight is 431 g/mol. The molecule has 0 saturated carbocycles. The second-order valence-corrected chi connectivity index (χ2v) is 8.88. The first-order chi connectivity index (χ1) is 14.0. The summed E-state index contributed by atoms with van der Waals surface area (Å²) in [6.45, 7) is 0.433. The van der Waals surface area contributed by atoms with Crippen molar-refractivity contribution in [3.05, 3.63) is 90.2 Å². The van der Waals surface area contributed by atoms with E-state index in [9.17, 15) is 17.6 Å². The highest BCUT2D eigenvalue weighted by molar-refractivity contribution is 7.99. The van der Waals surface area contributed by atoms with E-state index in [2.05, 4.69) is 10.0 Å². The molecule has 0 bridgehead atoms. The number of thioether (sulfide) groups is 1. The predicted molar refractivity (Wildman–Crippen MR) is 113 cm³/mol. The summed E-state index contributed by atoms with van der Waals surface area (Å²) in [4.78, 5) is 13.3. The minimum atomic E-state index is -4.03. The summed E-state index contributed by atoms with van der Waals surface area (Å²) in [5.41, 5.74) is 0.0615. The van der Waals surface area contributed by atoms with Crippen LogP contribution in [0.25, 0.3) is 0 Å². The van der Waals surface area contributed by atoms with Crippen LogP contribution in [0.3, 0.4) is 0 Å². The predicted octanol–water partition coefficient (Wildman–Crippen LogP) is 4.15. The van der Waals surface area contributed by atoms with Crippen LogP contribution in [-0.2, 0) is 10.0 Å². The van der Waals surface area contributed by atoms with Gasteiger partial charge in [-0.05, 0) is 42.5 Å². The van der Waals surface area contributed by atoms with Crippen LogP contribution in [0.1, 0.15) is 10.4 Å². The normalized spacial score (nSPS) is 11.1. The topological polar surface area (TPSA) is 75.3 Å². The van der Waals surface area contributed by atoms with Crippen LogP contribution in [0.4, 0.5) is 10.1 Å². The van der Waals surface area contributed by atoms with Crippen LogP contribution in [0.5, 0.6) is 0 Å². The Morgan fingerprint density at radius 2 is 1.66 bits per heavy atom. The lowest BCUT2D eigenvalue weighted by atomic mass is 10.2. The fourth-order valence-electron chi connectivity index (χ4n) is 2.50. The standard InChI is InChI=1S/C21H19FN2O3S2/c22-19-11-4-5-12-20(19)24-29(26,27)18-10-6-7-16(15-18)21(25)23-13-14-28-17-8-2-1-3-9-17/h1-12,15,24H,13-14H2,(H,23,25). The van der Waals surface area contributed by atoms with Crippen molar-refractivity contribution in [3.8, 4) is 0 Å². The van der Waals surface area contributed by atoms with Gasteiger partial charge in [0.1, 0.15) is 5.82 Å². The molecule has 0 unspecified atom stereocenters. The van der Waals surface area contributed by atoms with E-state index in [0.29, 0.717) is 12.3 Å². The number of nitrogens with one attached hydrogen (secondary N) is 2. The molecule has 0 radical (unpaired) electrons. The molecule has 0 atom stereocenters. The molecule has 3 aromatic rings. The second kappa shape index (κ2) is 9.58. The Morgan fingerprint density at radius 3 is 2.41 bits per heavy atom. The van der Waals surface area contributed by atoms with Crippen LogP contribution >= 0.6 is 11.8 Å². The quantitative estimate of drug-likeness (QED) is 0.416. The number of rotatable bonds is 8. The third-order valence-corrected chi connectivity index (χ3v) is 6.30. The van der Waals surface area contributed by atoms with Gasteiger partial charge >= 0.3 is 0 Å². The third-order valence-electron chi connectivity index (χ3n) is 3.92. The molecule has 1 amide bonds. The van der Waals surface area contributed by atoms with Gasteiger partial charge in [-0.1, -0.05) is 36.4 Å². The Kier molecular flexibility index (Phi) is 6.90. The molecule has 150 valence electrons. The van der Waals surface area contributed by atoms with E-state index < -0.39 is 15.8 Å². The highest BCUT2D eigenvalue weighted by Crippen LogP contribution is 2.20. The zero-order chi connectivity index (χ0) is 20.7. The van der Waals surface area contributed by atoms with E-state index in [0.717, 1.165) is 11.0 Å². The number of hydrogen-bond donors (Lipinski definition) is 2. The SMILES string of the molecule is O=C(NCCSc1ccccc1)c1cccc(S(=O)(=O)Nc2ccccc2F)c1. The number of carbonyl (C=O) groups is 1. The average Bonchev–Trinajstić information content (AvgIpc) is 2.73. The Hall–Kier alpha value is -2.84. The number of benzene rings is 3. The number of sulfonamides is 1. The fourth-order valence-corrected chi connectivity index (χ4v) is 4.41. The molecule has 0 fully saturated rings. The van der Waals surface area contributed by atoms with Gasteiger partial charge < -0.3 is 5.32 Å². The van der Waals surface area contributed by atoms with Gasteiger partial charge in [0.05, 0.1) is 10.6 Å². The zero-order valence-electron chi connectivity index (χ0n) is 15.3. The number of halogens is 1. The first-order valence-corrected chi connectivity index (χ1v) is 11.3. The van der Waals surface area contributed by atoms with Crippen molar-refractivity contribution in [3.63, 3.8) is 0 Å². The van der Waals surface area contributed by atoms with E-state index in [1.54, 1.807) is 11.8 Å². The fraction of sp³-hybridized carbons (Fsp3) is 0.0952. The van der Waals surface area contributed by atoms with Gasteiger partial charge in [0.2, 0.25) is 0 Å². The highest BCUT2D eigenvalue weighted by Gasteiger charge is 2.18. The highest BCUT2D eigenvalue weighted by atomic mass is 32.2. The molecule has 0 aliphatic carbocycles.